The molecule has 1 aliphatic heterocycles. The topological polar surface area (TPSA) is 93.5 Å². The molecule has 7 heteroatoms. The van der Waals surface area contributed by atoms with Gasteiger partial charge in [-0.15, -0.1) is 0 Å². The molecule has 1 heterocycles. The highest BCUT2D eigenvalue weighted by atomic mass is 16.6. The highest BCUT2D eigenvalue weighted by Crippen LogP contribution is 2.29. The van der Waals surface area contributed by atoms with Crippen LogP contribution in [0.1, 0.15) is 28.8 Å². The summed E-state index contributed by atoms with van der Waals surface area (Å²) in [5.41, 5.74) is 0.461. The molecular formula is C16H23N3O4. The number of benzene rings is 1. The number of amides is 1. The molecule has 1 saturated heterocycles. The Morgan fingerprint density at radius 3 is 2.74 bits per heavy atom. The highest BCUT2D eigenvalue weighted by molar-refractivity contribution is 5.99. The number of methoxy groups -OCH3 is 1. The van der Waals surface area contributed by atoms with Crippen LogP contribution >= 0.6 is 0 Å². The Balaban J connectivity index is 2.14. The number of carbonyl (C=O) groups is 1. The van der Waals surface area contributed by atoms with Gasteiger partial charge in [0, 0.05) is 25.1 Å². The first-order chi connectivity index (χ1) is 11.0. The van der Waals surface area contributed by atoms with Crippen molar-refractivity contribution in [3.63, 3.8) is 0 Å². The van der Waals surface area contributed by atoms with Crippen molar-refractivity contribution in [3.05, 3.63) is 39.4 Å². The minimum atomic E-state index is -0.517. The van der Waals surface area contributed by atoms with Gasteiger partial charge in [-0.2, -0.15) is 0 Å². The van der Waals surface area contributed by atoms with E-state index in [1.54, 1.807) is 26.2 Å². The SMILES string of the molecule is COCC1(CNC(=O)c2c(C)cccc2[N+](=O)[O-])CCNCC1. The Morgan fingerprint density at radius 1 is 1.43 bits per heavy atom. The Bertz CT molecular complexity index is 577. The number of piperidine rings is 1. The van der Waals surface area contributed by atoms with Gasteiger partial charge in [0.15, 0.2) is 0 Å². The summed E-state index contributed by atoms with van der Waals surface area (Å²) in [5.74, 6) is -0.399. The van der Waals surface area contributed by atoms with Crippen LogP contribution in [0.15, 0.2) is 18.2 Å². The van der Waals surface area contributed by atoms with Crippen molar-refractivity contribution in [2.75, 3.05) is 33.4 Å². The van der Waals surface area contributed by atoms with Gasteiger partial charge >= 0.3 is 0 Å². The van der Waals surface area contributed by atoms with Crippen LogP contribution in [0.25, 0.3) is 0 Å². The number of nitrogens with zero attached hydrogens (tertiary/aromatic N) is 1. The molecule has 1 fully saturated rings. The first-order valence-corrected chi connectivity index (χ1v) is 7.71. The van der Waals surface area contributed by atoms with E-state index in [-0.39, 0.29) is 16.7 Å². The van der Waals surface area contributed by atoms with Crippen LogP contribution in [0.2, 0.25) is 0 Å². The maximum Gasteiger partial charge on any atom is 0.282 e. The number of nitro groups is 1. The fourth-order valence-corrected chi connectivity index (χ4v) is 3.09. The van der Waals surface area contributed by atoms with E-state index >= 15 is 0 Å². The number of hydrogen-bond donors (Lipinski definition) is 2. The molecule has 0 spiro atoms. The second kappa shape index (κ2) is 7.52. The van der Waals surface area contributed by atoms with Crippen molar-refractivity contribution in [2.45, 2.75) is 19.8 Å². The number of ether oxygens (including phenoxy) is 1. The van der Waals surface area contributed by atoms with E-state index < -0.39 is 10.8 Å². The predicted octanol–water partition coefficient (Wildman–Crippen LogP) is 1.65. The van der Waals surface area contributed by atoms with E-state index in [1.165, 1.54) is 6.07 Å². The first kappa shape index (κ1) is 17.4. The lowest BCUT2D eigenvalue weighted by atomic mass is 9.79. The molecule has 0 bridgehead atoms. The summed E-state index contributed by atoms with van der Waals surface area (Å²) in [6.45, 7) is 4.47. The molecule has 0 unspecified atom stereocenters. The quantitative estimate of drug-likeness (QED) is 0.614. The normalized spacial score (nSPS) is 16.8. The van der Waals surface area contributed by atoms with Crippen LogP contribution < -0.4 is 10.6 Å². The summed E-state index contributed by atoms with van der Waals surface area (Å²) in [7, 11) is 1.65. The van der Waals surface area contributed by atoms with Gasteiger partial charge in [0.1, 0.15) is 5.56 Å². The lowest BCUT2D eigenvalue weighted by Gasteiger charge is -2.37. The monoisotopic (exact) mass is 321 g/mol. The average molecular weight is 321 g/mol. The zero-order valence-corrected chi connectivity index (χ0v) is 13.6. The minimum absolute atomic E-state index is 0.118. The van der Waals surface area contributed by atoms with Gasteiger partial charge in [-0.1, -0.05) is 12.1 Å². The third-order valence-corrected chi connectivity index (χ3v) is 4.41. The average Bonchev–Trinajstić information content (AvgIpc) is 2.53. The van der Waals surface area contributed by atoms with E-state index in [2.05, 4.69) is 10.6 Å². The van der Waals surface area contributed by atoms with Crippen molar-refractivity contribution >= 4 is 11.6 Å². The second-order valence-corrected chi connectivity index (χ2v) is 6.09. The number of carbonyl (C=O) groups excluding carboxylic acids is 1. The first-order valence-electron chi connectivity index (χ1n) is 7.71. The lowest BCUT2D eigenvalue weighted by molar-refractivity contribution is -0.385. The maximum atomic E-state index is 12.5. The Hall–Kier alpha value is -1.99. The van der Waals surface area contributed by atoms with Gasteiger partial charge in [-0.05, 0) is 38.4 Å². The number of rotatable bonds is 6. The minimum Gasteiger partial charge on any atom is -0.384 e. The molecule has 0 atom stereocenters. The zero-order chi connectivity index (χ0) is 16.9. The van der Waals surface area contributed by atoms with Crippen LogP contribution in [0.4, 0.5) is 5.69 Å². The van der Waals surface area contributed by atoms with E-state index in [4.69, 9.17) is 4.74 Å². The predicted molar refractivity (Wildman–Crippen MR) is 86.6 cm³/mol. The third-order valence-electron chi connectivity index (χ3n) is 4.41. The fourth-order valence-electron chi connectivity index (χ4n) is 3.09. The van der Waals surface area contributed by atoms with Gasteiger partial charge in [0.25, 0.3) is 11.6 Å². The Labute approximate surface area is 135 Å². The molecule has 23 heavy (non-hydrogen) atoms. The summed E-state index contributed by atoms with van der Waals surface area (Å²) in [5, 5.41) is 17.3. The number of hydrogen-bond acceptors (Lipinski definition) is 5. The van der Waals surface area contributed by atoms with Crippen LogP contribution in [0.5, 0.6) is 0 Å². The Morgan fingerprint density at radius 2 is 2.13 bits per heavy atom. The van der Waals surface area contributed by atoms with Crippen LogP contribution in [-0.4, -0.2) is 44.2 Å². The number of nitro benzene ring substituents is 1. The van der Waals surface area contributed by atoms with Crippen molar-refractivity contribution in [1.82, 2.24) is 10.6 Å². The molecule has 1 aromatic carbocycles. The lowest BCUT2D eigenvalue weighted by Crippen LogP contribution is -2.47. The summed E-state index contributed by atoms with van der Waals surface area (Å²) < 4.78 is 5.32. The third kappa shape index (κ3) is 4.05. The molecule has 126 valence electrons. The van der Waals surface area contributed by atoms with Crippen molar-refractivity contribution in [2.24, 2.45) is 5.41 Å². The summed E-state index contributed by atoms with van der Waals surface area (Å²) in [6.07, 6.45) is 1.80. The van der Waals surface area contributed by atoms with E-state index in [0.717, 1.165) is 25.9 Å². The molecule has 0 radical (unpaired) electrons. The molecular weight excluding hydrogens is 298 g/mol. The molecule has 0 aliphatic carbocycles. The van der Waals surface area contributed by atoms with Gasteiger partial charge in [0.05, 0.1) is 11.5 Å². The van der Waals surface area contributed by atoms with Crippen molar-refractivity contribution in [3.8, 4) is 0 Å². The Kier molecular flexibility index (Phi) is 5.68. The van der Waals surface area contributed by atoms with Crippen LogP contribution in [0, 0.1) is 22.5 Å². The standard InChI is InChI=1S/C16H23N3O4/c1-12-4-3-5-13(19(21)22)14(12)15(20)18-10-16(11-23-2)6-8-17-9-7-16/h3-5,17H,6-11H2,1-2H3,(H,18,20). The molecule has 0 saturated carbocycles. The van der Waals surface area contributed by atoms with Crippen LogP contribution in [0.3, 0.4) is 0 Å². The highest BCUT2D eigenvalue weighted by Gasteiger charge is 2.33. The summed E-state index contributed by atoms with van der Waals surface area (Å²) in [6, 6.07) is 4.65. The molecule has 7 nitrogen and oxygen atoms in total. The zero-order valence-electron chi connectivity index (χ0n) is 13.6. The van der Waals surface area contributed by atoms with Gasteiger partial charge in [-0.25, -0.2) is 0 Å². The van der Waals surface area contributed by atoms with E-state index in [9.17, 15) is 14.9 Å². The molecule has 2 rings (SSSR count). The maximum absolute atomic E-state index is 12.5. The van der Waals surface area contributed by atoms with Gasteiger partial charge < -0.3 is 15.4 Å². The van der Waals surface area contributed by atoms with Crippen molar-refractivity contribution in [1.29, 1.82) is 0 Å². The van der Waals surface area contributed by atoms with Crippen LogP contribution in [-0.2, 0) is 4.74 Å². The number of aryl methyl sites for hydroxylation is 1. The molecule has 1 amide bonds. The fraction of sp³-hybridized carbons (Fsp3) is 0.562. The largest absolute Gasteiger partial charge is 0.384 e. The molecule has 0 aromatic heterocycles. The van der Waals surface area contributed by atoms with E-state index in [0.29, 0.717) is 18.7 Å². The molecule has 2 N–H and O–H groups in total. The van der Waals surface area contributed by atoms with Gasteiger partial charge in [0.2, 0.25) is 0 Å². The molecule has 1 aliphatic rings. The molecule has 1 aromatic rings. The summed E-state index contributed by atoms with van der Waals surface area (Å²) in [4.78, 5) is 23.1. The second-order valence-electron chi connectivity index (χ2n) is 6.09. The summed E-state index contributed by atoms with van der Waals surface area (Å²) >= 11 is 0. The van der Waals surface area contributed by atoms with E-state index in [1.807, 2.05) is 0 Å². The smallest absolute Gasteiger partial charge is 0.282 e. The van der Waals surface area contributed by atoms with Crippen molar-refractivity contribution < 1.29 is 14.5 Å². The number of nitrogens with one attached hydrogen (secondary N) is 2. The van der Waals surface area contributed by atoms with Gasteiger partial charge in [-0.3, -0.25) is 14.9 Å².